The number of piperazine rings is 2. The lowest BCUT2D eigenvalue weighted by Gasteiger charge is -2.42. The zero-order chi connectivity index (χ0) is 36.2. The van der Waals surface area contributed by atoms with Crippen molar-refractivity contribution < 1.29 is 15.0 Å². The van der Waals surface area contributed by atoms with Crippen LogP contribution in [-0.2, 0) is 4.79 Å². The number of piperidine rings is 1. The third kappa shape index (κ3) is 8.77. The van der Waals surface area contributed by atoms with Gasteiger partial charge in [-0.2, -0.15) is 0 Å². The first-order chi connectivity index (χ1) is 25.2. The Kier molecular flexibility index (Phi) is 12.7. The minimum absolute atomic E-state index is 0.132. The molecule has 1 unspecified atom stereocenters. The van der Waals surface area contributed by atoms with Crippen molar-refractivity contribution in [2.45, 2.75) is 94.9 Å². The quantitative estimate of drug-likeness (QED) is 0.311. The van der Waals surface area contributed by atoms with Crippen LogP contribution in [0, 0.1) is 11.8 Å². The Labute approximate surface area is 315 Å². The van der Waals surface area contributed by atoms with E-state index in [2.05, 4.69) is 36.5 Å². The molecule has 1 aromatic heterocycles. The first-order valence-corrected chi connectivity index (χ1v) is 20.6. The summed E-state index contributed by atoms with van der Waals surface area (Å²) < 4.78 is 0. The van der Waals surface area contributed by atoms with E-state index in [1.807, 2.05) is 29.2 Å². The van der Waals surface area contributed by atoms with Crippen molar-refractivity contribution in [1.29, 1.82) is 0 Å². The Morgan fingerprint density at radius 2 is 1.60 bits per heavy atom. The van der Waals surface area contributed by atoms with Gasteiger partial charge in [0.2, 0.25) is 5.91 Å². The Hall–Kier alpha value is -2.38. The van der Waals surface area contributed by atoms with Crippen LogP contribution in [0.5, 0.6) is 0 Å². The SMILES string of the molecule is C[C@@H]1C[C@@H](O)c2ncnc(N3CCN(C(=O)[C@H](CCN4CCC(CN5CCN(C(O)[C@H](N)C6CCCCC6)CC5)CC4)c4ccc(Cl)cc4)CC3)c21. The second-order valence-corrected chi connectivity index (χ2v) is 16.8. The second kappa shape index (κ2) is 17.4. The monoisotopic (exact) mass is 736 g/mol. The fourth-order valence-corrected chi connectivity index (χ4v) is 9.85. The van der Waals surface area contributed by atoms with E-state index in [-0.39, 0.29) is 23.8 Å². The summed E-state index contributed by atoms with van der Waals surface area (Å²) >= 11 is 6.27. The van der Waals surface area contributed by atoms with Crippen LogP contribution in [0.4, 0.5) is 5.82 Å². The van der Waals surface area contributed by atoms with Crippen LogP contribution in [-0.4, -0.2) is 136 Å². The number of halogens is 1. The summed E-state index contributed by atoms with van der Waals surface area (Å²) in [7, 11) is 0. The van der Waals surface area contributed by atoms with Crippen LogP contribution in [0.2, 0.25) is 5.02 Å². The van der Waals surface area contributed by atoms with E-state index < -0.39 is 12.3 Å². The summed E-state index contributed by atoms with van der Waals surface area (Å²) in [5, 5.41) is 22.2. The molecule has 1 aromatic carbocycles. The summed E-state index contributed by atoms with van der Waals surface area (Å²) in [5.74, 6) is 2.25. The summed E-state index contributed by atoms with van der Waals surface area (Å²) in [5.41, 5.74) is 9.41. The number of carbonyl (C=O) groups is 1. The number of likely N-dealkylation sites (tertiary alicyclic amines) is 1. The predicted octanol–water partition coefficient (Wildman–Crippen LogP) is 4.05. The van der Waals surface area contributed by atoms with Gasteiger partial charge in [0, 0.05) is 75.5 Å². The molecule has 4 fully saturated rings. The maximum Gasteiger partial charge on any atom is 0.230 e. The van der Waals surface area contributed by atoms with Crippen molar-refractivity contribution in [1.82, 2.24) is 29.6 Å². The molecule has 5 atom stereocenters. The summed E-state index contributed by atoms with van der Waals surface area (Å²) in [6.45, 7) is 12.8. The molecule has 4 heterocycles. The Morgan fingerprint density at radius 1 is 0.904 bits per heavy atom. The number of rotatable bonds is 11. The molecule has 4 N–H and O–H groups in total. The highest BCUT2D eigenvalue weighted by atomic mass is 35.5. The van der Waals surface area contributed by atoms with Gasteiger partial charge >= 0.3 is 0 Å². The number of anilines is 1. The lowest BCUT2D eigenvalue weighted by Crippen LogP contribution is -2.58. The molecule has 3 aliphatic heterocycles. The van der Waals surface area contributed by atoms with E-state index in [0.717, 1.165) is 94.3 Å². The number of hydrogen-bond acceptors (Lipinski definition) is 10. The molecular formula is C40H61ClN8O3. The van der Waals surface area contributed by atoms with Crippen molar-refractivity contribution in [2.75, 3.05) is 83.4 Å². The maximum absolute atomic E-state index is 14.2. The highest BCUT2D eigenvalue weighted by Crippen LogP contribution is 2.43. The standard InChI is InChI=1S/C40H61ClN8O3/c1-28-25-34(50)37-35(28)38(44-27-43-37)47-21-23-48(24-22-47)39(51)33(30-7-9-32(41)10-8-30)13-16-45-14-11-29(12-15-45)26-46-17-19-49(20-18-46)40(52)36(42)31-5-3-2-4-6-31/h7-10,27-29,31,33-34,36,40,50,52H,2-6,11-26,42H2,1H3/t28-,33-,34-,36-,40?/m1/s1. The molecule has 2 aliphatic carbocycles. The van der Waals surface area contributed by atoms with E-state index in [1.54, 1.807) is 6.33 Å². The summed E-state index contributed by atoms with van der Waals surface area (Å²) in [6, 6.07) is 7.71. The van der Waals surface area contributed by atoms with Gasteiger partial charge in [0.05, 0.1) is 17.7 Å². The van der Waals surface area contributed by atoms with Crippen molar-refractivity contribution in [2.24, 2.45) is 17.6 Å². The lowest BCUT2D eigenvalue weighted by atomic mass is 9.83. The average molecular weight is 737 g/mol. The van der Waals surface area contributed by atoms with Crippen LogP contribution in [0.1, 0.15) is 99.5 Å². The van der Waals surface area contributed by atoms with Gasteiger partial charge in [0.15, 0.2) is 0 Å². The van der Waals surface area contributed by atoms with Gasteiger partial charge < -0.3 is 35.5 Å². The number of benzene rings is 1. The van der Waals surface area contributed by atoms with Gasteiger partial charge in [0.1, 0.15) is 18.4 Å². The highest BCUT2D eigenvalue weighted by molar-refractivity contribution is 6.30. The number of aliphatic hydroxyl groups is 2. The van der Waals surface area contributed by atoms with Crippen LogP contribution in [0.15, 0.2) is 30.6 Å². The van der Waals surface area contributed by atoms with Gasteiger partial charge in [-0.05, 0) is 93.6 Å². The largest absolute Gasteiger partial charge is 0.387 e. The molecule has 1 saturated carbocycles. The normalized spacial score (nSPS) is 26.3. The first-order valence-electron chi connectivity index (χ1n) is 20.2. The number of fused-ring (bicyclic) bond motifs is 1. The van der Waals surface area contributed by atoms with Crippen LogP contribution < -0.4 is 10.6 Å². The number of aromatic nitrogens is 2. The Morgan fingerprint density at radius 3 is 2.29 bits per heavy atom. The van der Waals surface area contributed by atoms with E-state index in [0.29, 0.717) is 49.5 Å². The molecule has 0 radical (unpaired) electrons. The minimum atomic E-state index is -0.530. The molecule has 0 bridgehead atoms. The fourth-order valence-electron chi connectivity index (χ4n) is 9.73. The molecule has 3 saturated heterocycles. The number of nitrogens with zero attached hydrogens (tertiary/aromatic N) is 7. The van der Waals surface area contributed by atoms with Crippen LogP contribution >= 0.6 is 11.6 Å². The molecule has 0 spiro atoms. The van der Waals surface area contributed by atoms with Crippen LogP contribution in [0.25, 0.3) is 0 Å². The summed E-state index contributed by atoms with van der Waals surface area (Å²) in [6.07, 6.45) is 10.5. The molecule has 5 aliphatic rings. The smallest absolute Gasteiger partial charge is 0.230 e. The molecule has 52 heavy (non-hydrogen) atoms. The zero-order valence-electron chi connectivity index (χ0n) is 31.2. The van der Waals surface area contributed by atoms with Gasteiger partial charge in [-0.15, -0.1) is 0 Å². The van der Waals surface area contributed by atoms with Crippen LogP contribution in [0.3, 0.4) is 0 Å². The molecule has 7 rings (SSSR count). The molecule has 286 valence electrons. The Balaban J connectivity index is 0.877. The third-order valence-electron chi connectivity index (χ3n) is 13.0. The van der Waals surface area contributed by atoms with Gasteiger partial charge in [-0.1, -0.05) is 49.9 Å². The third-order valence-corrected chi connectivity index (χ3v) is 13.3. The van der Waals surface area contributed by atoms with Gasteiger partial charge in [-0.25, -0.2) is 9.97 Å². The van der Waals surface area contributed by atoms with E-state index in [1.165, 1.54) is 32.1 Å². The predicted molar refractivity (Wildman–Crippen MR) is 205 cm³/mol. The topological polar surface area (TPSA) is 126 Å². The molecular weight excluding hydrogens is 676 g/mol. The molecule has 2 aromatic rings. The number of aliphatic hydroxyl groups excluding tert-OH is 2. The number of nitrogens with two attached hydrogens (primary N) is 1. The van der Waals surface area contributed by atoms with Gasteiger partial charge in [0.25, 0.3) is 0 Å². The Bertz CT molecular complexity index is 1450. The van der Waals surface area contributed by atoms with E-state index in [9.17, 15) is 15.0 Å². The maximum atomic E-state index is 14.2. The van der Waals surface area contributed by atoms with E-state index >= 15 is 0 Å². The number of carbonyl (C=O) groups excluding carboxylic acids is 1. The van der Waals surface area contributed by atoms with Crippen molar-refractivity contribution in [3.8, 4) is 0 Å². The number of amides is 1. The minimum Gasteiger partial charge on any atom is -0.387 e. The first kappa shape index (κ1) is 37.9. The molecule has 12 heteroatoms. The fraction of sp³-hybridized carbons (Fsp3) is 0.725. The van der Waals surface area contributed by atoms with Gasteiger partial charge in [-0.3, -0.25) is 9.69 Å². The van der Waals surface area contributed by atoms with Crippen molar-refractivity contribution >= 4 is 23.3 Å². The van der Waals surface area contributed by atoms with Crippen molar-refractivity contribution in [3.05, 3.63) is 52.4 Å². The second-order valence-electron chi connectivity index (χ2n) is 16.4. The van der Waals surface area contributed by atoms with E-state index in [4.69, 9.17) is 17.3 Å². The zero-order valence-corrected chi connectivity index (χ0v) is 31.9. The summed E-state index contributed by atoms with van der Waals surface area (Å²) in [4.78, 5) is 34.9. The number of hydrogen-bond donors (Lipinski definition) is 3. The molecule has 11 nitrogen and oxygen atoms in total. The van der Waals surface area contributed by atoms with Crippen molar-refractivity contribution in [3.63, 3.8) is 0 Å². The molecule has 1 amide bonds. The average Bonchev–Trinajstić information content (AvgIpc) is 3.48. The lowest BCUT2D eigenvalue weighted by molar-refractivity contribution is -0.133. The highest BCUT2D eigenvalue weighted by Gasteiger charge is 2.36.